The zero-order chi connectivity index (χ0) is 9.97. The Labute approximate surface area is 94.7 Å². The van der Waals surface area contributed by atoms with Gasteiger partial charge in [0, 0.05) is 19.6 Å². The van der Waals surface area contributed by atoms with Gasteiger partial charge in [-0.15, -0.1) is 12.4 Å². The average Bonchev–Trinajstić information content (AvgIpc) is 2.47. The van der Waals surface area contributed by atoms with Crippen LogP contribution in [0.4, 0.5) is 4.79 Å². The Morgan fingerprint density at radius 3 is 2.60 bits per heavy atom. The number of hydrazine groups is 1. The summed E-state index contributed by atoms with van der Waals surface area (Å²) >= 11 is 0. The van der Waals surface area contributed by atoms with Crippen molar-refractivity contribution in [3.63, 3.8) is 0 Å². The van der Waals surface area contributed by atoms with Gasteiger partial charge in [-0.1, -0.05) is 0 Å². The highest BCUT2D eigenvalue weighted by molar-refractivity contribution is 5.85. The van der Waals surface area contributed by atoms with Crippen molar-refractivity contribution in [2.75, 3.05) is 39.4 Å². The minimum atomic E-state index is -0.428. The van der Waals surface area contributed by atoms with Crippen LogP contribution in [0.25, 0.3) is 0 Å². The van der Waals surface area contributed by atoms with E-state index in [0.29, 0.717) is 6.54 Å². The summed E-state index contributed by atoms with van der Waals surface area (Å²) in [5.41, 5.74) is 0. The number of morpholine rings is 1. The summed E-state index contributed by atoms with van der Waals surface area (Å²) in [6.07, 6.45) is -0.520. The molecule has 6 nitrogen and oxygen atoms in total. The van der Waals surface area contributed by atoms with E-state index in [0.717, 1.165) is 37.9 Å². The maximum Gasteiger partial charge on any atom is 0.424 e. The number of amides is 1. The number of hydrogen-bond acceptors (Lipinski definition) is 5. The number of nitrogens with two attached hydrogens (primary N) is 1. The monoisotopic (exact) mass is 237 g/mol. The zero-order valence-corrected chi connectivity index (χ0v) is 9.24. The molecule has 0 saturated carbocycles. The normalized spacial score (nSPS) is 27.4. The maximum atomic E-state index is 11.0. The molecule has 2 aliphatic heterocycles. The van der Waals surface area contributed by atoms with Crippen molar-refractivity contribution in [3.8, 4) is 0 Å². The van der Waals surface area contributed by atoms with Crippen molar-refractivity contribution in [1.29, 1.82) is 0 Å². The lowest BCUT2D eigenvalue weighted by Gasteiger charge is -2.27. The maximum absolute atomic E-state index is 11.0. The third-order valence-corrected chi connectivity index (χ3v) is 2.47. The van der Waals surface area contributed by atoms with Crippen molar-refractivity contribution in [1.82, 2.24) is 9.91 Å². The lowest BCUT2D eigenvalue weighted by Crippen LogP contribution is -2.42. The third-order valence-electron chi connectivity index (χ3n) is 2.47. The van der Waals surface area contributed by atoms with Gasteiger partial charge in [-0.25, -0.2) is 15.6 Å². The fourth-order valence-electron chi connectivity index (χ4n) is 1.71. The Morgan fingerprint density at radius 2 is 2.07 bits per heavy atom. The van der Waals surface area contributed by atoms with E-state index < -0.39 is 6.09 Å². The fourth-order valence-corrected chi connectivity index (χ4v) is 1.71. The first-order chi connectivity index (χ1) is 6.75. The second-order valence-corrected chi connectivity index (χ2v) is 3.57. The second-order valence-electron chi connectivity index (χ2n) is 3.57. The lowest BCUT2D eigenvalue weighted by molar-refractivity contribution is 0.0188. The van der Waals surface area contributed by atoms with E-state index in [1.165, 1.54) is 0 Å². The van der Waals surface area contributed by atoms with Gasteiger partial charge in [0.25, 0.3) is 0 Å². The van der Waals surface area contributed by atoms with Crippen LogP contribution in [0, 0.1) is 0 Å². The van der Waals surface area contributed by atoms with Crippen LogP contribution in [-0.2, 0) is 9.47 Å². The molecule has 2 aliphatic rings. The van der Waals surface area contributed by atoms with E-state index in [-0.39, 0.29) is 18.5 Å². The van der Waals surface area contributed by atoms with Gasteiger partial charge in [-0.05, 0) is 0 Å². The highest BCUT2D eigenvalue weighted by atomic mass is 35.5. The van der Waals surface area contributed by atoms with Crippen LogP contribution >= 0.6 is 12.4 Å². The first-order valence-electron chi connectivity index (χ1n) is 4.78. The molecule has 0 spiro atoms. The minimum absolute atomic E-state index is 0. The van der Waals surface area contributed by atoms with E-state index in [2.05, 4.69) is 4.90 Å². The van der Waals surface area contributed by atoms with Crippen LogP contribution in [0.5, 0.6) is 0 Å². The van der Waals surface area contributed by atoms with E-state index in [1.54, 1.807) is 0 Å². The predicted octanol–water partition coefficient (Wildman–Crippen LogP) is -0.565. The molecular weight excluding hydrogens is 222 g/mol. The Balaban J connectivity index is 0.00000112. The summed E-state index contributed by atoms with van der Waals surface area (Å²) < 4.78 is 10.3. The lowest BCUT2D eigenvalue weighted by atomic mass is 10.3. The van der Waals surface area contributed by atoms with Gasteiger partial charge in [0.15, 0.2) is 0 Å². The highest BCUT2D eigenvalue weighted by Gasteiger charge is 2.30. The first kappa shape index (κ1) is 12.5. The number of carbonyl (C=O) groups is 1. The van der Waals surface area contributed by atoms with Gasteiger partial charge in [-0.3, -0.25) is 4.90 Å². The quantitative estimate of drug-likeness (QED) is 0.515. The van der Waals surface area contributed by atoms with E-state index in [4.69, 9.17) is 15.3 Å². The zero-order valence-electron chi connectivity index (χ0n) is 8.42. The molecule has 0 aromatic heterocycles. The van der Waals surface area contributed by atoms with Gasteiger partial charge >= 0.3 is 6.09 Å². The summed E-state index contributed by atoms with van der Waals surface area (Å²) in [5, 5.41) is 1.12. The topological polar surface area (TPSA) is 68.0 Å². The molecule has 2 heterocycles. The third kappa shape index (κ3) is 3.20. The number of nitrogens with zero attached hydrogens (tertiary/aromatic N) is 2. The summed E-state index contributed by atoms with van der Waals surface area (Å²) in [7, 11) is 0. The van der Waals surface area contributed by atoms with Crippen molar-refractivity contribution >= 4 is 18.5 Å². The Kier molecular flexibility index (Phi) is 4.59. The van der Waals surface area contributed by atoms with Gasteiger partial charge in [0.2, 0.25) is 0 Å². The van der Waals surface area contributed by atoms with E-state index in [9.17, 15) is 4.79 Å². The Morgan fingerprint density at radius 1 is 1.40 bits per heavy atom. The standard InChI is InChI=1S/C8H15N3O3.ClH/c9-11-6-7(14-8(11)12)5-10-1-3-13-4-2-10;/h7H,1-6,9H2;1H. The summed E-state index contributed by atoms with van der Waals surface area (Å²) in [5.74, 6) is 5.39. The Hall–Kier alpha value is -0.560. The molecule has 1 amide bonds. The summed E-state index contributed by atoms with van der Waals surface area (Å²) in [6, 6.07) is 0. The molecule has 0 bridgehead atoms. The number of rotatable bonds is 2. The molecule has 2 fully saturated rings. The molecule has 2 saturated heterocycles. The van der Waals surface area contributed by atoms with E-state index in [1.807, 2.05) is 0 Å². The number of carbonyl (C=O) groups excluding carboxylic acids is 1. The van der Waals surface area contributed by atoms with Crippen LogP contribution in [0.2, 0.25) is 0 Å². The molecule has 7 heteroatoms. The number of cyclic esters (lactones) is 1. The fraction of sp³-hybridized carbons (Fsp3) is 0.875. The Bertz CT molecular complexity index is 223. The largest absolute Gasteiger partial charge is 0.442 e. The molecule has 0 radical (unpaired) electrons. The van der Waals surface area contributed by atoms with Crippen molar-refractivity contribution in [3.05, 3.63) is 0 Å². The number of halogens is 1. The molecule has 2 rings (SSSR count). The minimum Gasteiger partial charge on any atom is -0.442 e. The molecular formula is C8H16ClN3O3. The molecule has 1 atom stereocenters. The number of hydrogen-bond donors (Lipinski definition) is 1. The molecule has 2 N–H and O–H groups in total. The molecule has 88 valence electrons. The summed E-state index contributed by atoms with van der Waals surface area (Å²) in [4.78, 5) is 13.2. The van der Waals surface area contributed by atoms with Crippen LogP contribution in [0.15, 0.2) is 0 Å². The van der Waals surface area contributed by atoms with Crippen molar-refractivity contribution in [2.24, 2.45) is 5.84 Å². The second kappa shape index (κ2) is 5.50. The van der Waals surface area contributed by atoms with Crippen LogP contribution in [-0.4, -0.2) is 61.5 Å². The van der Waals surface area contributed by atoms with Crippen LogP contribution in [0.3, 0.4) is 0 Å². The van der Waals surface area contributed by atoms with Gasteiger partial charge in [-0.2, -0.15) is 0 Å². The van der Waals surface area contributed by atoms with Crippen LogP contribution < -0.4 is 5.84 Å². The average molecular weight is 238 g/mol. The molecule has 0 aromatic carbocycles. The molecule has 1 unspecified atom stereocenters. The molecule has 15 heavy (non-hydrogen) atoms. The smallest absolute Gasteiger partial charge is 0.424 e. The highest BCUT2D eigenvalue weighted by Crippen LogP contribution is 2.09. The van der Waals surface area contributed by atoms with Crippen LogP contribution in [0.1, 0.15) is 0 Å². The SMILES string of the molecule is Cl.NN1CC(CN2CCOCC2)OC1=O. The first-order valence-corrected chi connectivity index (χ1v) is 4.78. The van der Waals surface area contributed by atoms with Gasteiger partial charge in [0.05, 0.1) is 19.8 Å². The van der Waals surface area contributed by atoms with Gasteiger partial charge in [0.1, 0.15) is 6.10 Å². The number of ether oxygens (including phenoxy) is 2. The summed E-state index contributed by atoms with van der Waals surface area (Å²) in [6.45, 7) is 4.55. The predicted molar refractivity (Wildman–Crippen MR) is 55.7 cm³/mol. The van der Waals surface area contributed by atoms with E-state index >= 15 is 0 Å². The van der Waals surface area contributed by atoms with Gasteiger partial charge < -0.3 is 9.47 Å². The molecule has 0 aromatic rings. The van der Waals surface area contributed by atoms with Crippen molar-refractivity contribution < 1.29 is 14.3 Å². The van der Waals surface area contributed by atoms with Crippen molar-refractivity contribution in [2.45, 2.75) is 6.10 Å². The molecule has 0 aliphatic carbocycles.